The quantitative estimate of drug-likeness (QED) is 0.187. The zero-order valence-electron chi connectivity index (χ0n) is 33.2. The summed E-state index contributed by atoms with van der Waals surface area (Å²) in [5.41, 5.74) is 6.06. The van der Waals surface area contributed by atoms with Gasteiger partial charge in [0, 0.05) is 73.1 Å². The molecule has 4 saturated heterocycles. The summed E-state index contributed by atoms with van der Waals surface area (Å²) in [7, 11) is 0. The fraction of sp³-hybridized carbons (Fsp3) is 0.435. The van der Waals surface area contributed by atoms with Crippen LogP contribution in [0.3, 0.4) is 0 Å². The molecule has 0 aromatic heterocycles. The van der Waals surface area contributed by atoms with Gasteiger partial charge in [0.2, 0.25) is 0 Å². The van der Waals surface area contributed by atoms with E-state index in [9.17, 15) is 18.4 Å². The van der Waals surface area contributed by atoms with Crippen molar-refractivity contribution in [2.75, 3.05) is 59.7 Å². The number of aryl methyl sites for hydroxylation is 2. The predicted octanol–water partition coefficient (Wildman–Crippen LogP) is 8.90. The summed E-state index contributed by atoms with van der Waals surface area (Å²) in [5.74, 6) is -1.85. The molecule has 0 bridgehead atoms. The molecule has 4 aliphatic heterocycles. The number of nitrogens with zero attached hydrogens (tertiary/aromatic N) is 4. The van der Waals surface area contributed by atoms with Crippen molar-refractivity contribution >= 4 is 34.6 Å². The fourth-order valence-electron chi connectivity index (χ4n) is 9.23. The minimum Gasteiger partial charge on any atom is -0.370 e. The molecule has 4 aliphatic rings. The topological polar surface area (TPSA) is 71.2 Å². The van der Waals surface area contributed by atoms with E-state index in [1.54, 1.807) is 24.3 Å². The van der Waals surface area contributed by atoms with E-state index in [-0.39, 0.29) is 11.1 Å². The maximum absolute atomic E-state index is 13.8. The lowest BCUT2D eigenvalue weighted by Crippen LogP contribution is -2.39. The number of carbonyl (C=O) groups is 2. The van der Waals surface area contributed by atoms with Gasteiger partial charge in [-0.05, 0) is 151 Å². The second-order valence-electron chi connectivity index (χ2n) is 16.1. The van der Waals surface area contributed by atoms with Gasteiger partial charge < -0.3 is 20.4 Å². The van der Waals surface area contributed by atoms with E-state index in [1.165, 1.54) is 87.3 Å². The van der Waals surface area contributed by atoms with Crippen LogP contribution in [0.1, 0.15) is 84.2 Å². The van der Waals surface area contributed by atoms with Crippen LogP contribution in [-0.2, 0) is 0 Å². The van der Waals surface area contributed by atoms with E-state index in [2.05, 4.69) is 69.2 Å². The Bertz CT molecular complexity index is 2020. The summed E-state index contributed by atoms with van der Waals surface area (Å²) >= 11 is 0. The van der Waals surface area contributed by atoms with E-state index in [0.29, 0.717) is 29.9 Å². The third-order valence-electron chi connectivity index (χ3n) is 12.3. The van der Waals surface area contributed by atoms with Crippen molar-refractivity contribution in [2.45, 2.75) is 90.4 Å². The van der Waals surface area contributed by atoms with Gasteiger partial charge in [-0.25, -0.2) is 8.78 Å². The van der Waals surface area contributed by atoms with Gasteiger partial charge in [-0.2, -0.15) is 0 Å². The van der Waals surface area contributed by atoms with Crippen LogP contribution in [0.25, 0.3) is 0 Å². The van der Waals surface area contributed by atoms with Crippen molar-refractivity contribution < 1.29 is 18.4 Å². The number of anilines is 4. The first-order valence-corrected chi connectivity index (χ1v) is 20.4. The molecule has 0 saturated carbocycles. The van der Waals surface area contributed by atoms with Crippen molar-refractivity contribution in [3.8, 4) is 0 Å². The number of amides is 2. The number of hydrogen-bond acceptors (Lipinski definition) is 6. The Kier molecular flexibility index (Phi) is 12.4. The second-order valence-corrected chi connectivity index (χ2v) is 16.1. The summed E-state index contributed by atoms with van der Waals surface area (Å²) in [6, 6.07) is 26.8. The van der Waals surface area contributed by atoms with E-state index < -0.39 is 23.4 Å². The highest BCUT2D eigenvalue weighted by Crippen LogP contribution is 2.32. The molecule has 8 rings (SSSR count). The number of benzene rings is 4. The lowest BCUT2D eigenvalue weighted by molar-refractivity contribution is 0.101. The van der Waals surface area contributed by atoms with Gasteiger partial charge in [-0.15, -0.1) is 0 Å². The van der Waals surface area contributed by atoms with Crippen LogP contribution in [0.15, 0.2) is 84.9 Å². The van der Waals surface area contributed by atoms with E-state index >= 15 is 0 Å². The number of nitrogens with one attached hydrogen (secondary N) is 2. The van der Waals surface area contributed by atoms with Crippen molar-refractivity contribution in [1.29, 1.82) is 0 Å². The van der Waals surface area contributed by atoms with Crippen LogP contribution in [0.5, 0.6) is 0 Å². The number of hydrogen-bond donors (Lipinski definition) is 2. The highest BCUT2D eigenvalue weighted by molar-refractivity contribution is 6.05. The van der Waals surface area contributed by atoms with Crippen LogP contribution in [0.4, 0.5) is 31.5 Å². The summed E-state index contributed by atoms with van der Waals surface area (Å²) in [6.07, 6.45) is 7.66. The standard InChI is InChI=1S/2C23H28FN3O/c1-16-14-18(26-13-11-19(15-26)27-12-5-6-17(27)2)9-10-22(16)25-23(28)20-7-3-4-8-21(20)24;1-16-14-18(25-23(28)20-7-3-4-8-21(20)24)9-10-22(16)26-13-11-19(15-26)27-12-5-6-17(27)2/h2*3-4,7-10,14,17,19H,5-6,11-13,15H2,1-2H3,(H,25,28)/t17-,19?;/m1./s1. The number of halogens is 2. The zero-order valence-corrected chi connectivity index (χ0v) is 33.2. The van der Waals surface area contributed by atoms with Crippen molar-refractivity contribution in [2.24, 2.45) is 0 Å². The Hall–Kier alpha value is -4.80. The molecule has 0 spiro atoms. The molecule has 4 heterocycles. The number of carbonyl (C=O) groups excluding carboxylic acids is 2. The average molecular weight is 763 g/mol. The first-order valence-electron chi connectivity index (χ1n) is 20.4. The molecule has 3 unspecified atom stereocenters. The Morgan fingerprint density at radius 1 is 0.607 bits per heavy atom. The molecule has 4 aromatic carbocycles. The van der Waals surface area contributed by atoms with E-state index in [4.69, 9.17) is 0 Å². The molecule has 0 radical (unpaired) electrons. The lowest BCUT2D eigenvalue weighted by atomic mass is 10.1. The van der Waals surface area contributed by atoms with Crippen LogP contribution in [-0.4, -0.2) is 85.1 Å². The van der Waals surface area contributed by atoms with Gasteiger partial charge in [-0.3, -0.25) is 19.4 Å². The van der Waals surface area contributed by atoms with Gasteiger partial charge in [0.05, 0.1) is 11.1 Å². The molecule has 2 amide bonds. The zero-order chi connectivity index (χ0) is 39.3. The molecule has 4 atom stereocenters. The van der Waals surface area contributed by atoms with Gasteiger partial charge in [0.1, 0.15) is 11.6 Å². The van der Waals surface area contributed by atoms with Crippen molar-refractivity contribution in [3.63, 3.8) is 0 Å². The maximum Gasteiger partial charge on any atom is 0.258 e. The van der Waals surface area contributed by atoms with Gasteiger partial charge in [0.25, 0.3) is 11.8 Å². The predicted molar refractivity (Wildman–Crippen MR) is 223 cm³/mol. The largest absolute Gasteiger partial charge is 0.370 e. The molecule has 8 nitrogen and oxygen atoms in total. The first-order chi connectivity index (χ1) is 27.0. The second kappa shape index (κ2) is 17.6. The van der Waals surface area contributed by atoms with Crippen LogP contribution >= 0.6 is 0 Å². The van der Waals surface area contributed by atoms with E-state index in [0.717, 1.165) is 43.0 Å². The third-order valence-corrected chi connectivity index (χ3v) is 12.3. The molecule has 10 heteroatoms. The van der Waals surface area contributed by atoms with Crippen molar-refractivity contribution in [1.82, 2.24) is 9.80 Å². The van der Waals surface area contributed by atoms with Gasteiger partial charge >= 0.3 is 0 Å². The van der Waals surface area contributed by atoms with Gasteiger partial charge in [-0.1, -0.05) is 24.3 Å². The highest BCUT2D eigenvalue weighted by atomic mass is 19.1. The Labute approximate surface area is 330 Å². The van der Waals surface area contributed by atoms with Crippen molar-refractivity contribution in [3.05, 3.63) is 119 Å². The van der Waals surface area contributed by atoms with Crippen LogP contribution in [0, 0.1) is 25.5 Å². The normalized spacial score (nSPS) is 22.6. The number of rotatable bonds is 8. The minimum atomic E-state index is -0.507. The Morgan fingerprint density at radius 2 is 1.16 bits per heavy atom. The number of likely N-dealkylation sites (tertiary alicyclic amines) is 2. The lowest BCUT2D eigenvalue weighted by Gasteiger charge is -2.29. The Morgan fingerprint density at radius 3 is 1.70 bits per heavy atom. The molecule has 0 aliphatic carbocycles. The molecule has 2 N–H and O–H groups in total. The van der Waals surface area contributed by atoms with Crippen LogP contribution in [0.2, 0.25) is 0 Å². The molecule has 56 heavy (non-hydrogen) atoms. The molecular weight excluding hydrogens is 707 g/mol. The molecule has 4 fully saturated rings. The maximum atomic E-state index is 13.8. The summed E-state index contributed by atoms with van der Waals surface area (Å²) in [5, 5.41) is 5.65. The average Bonchev–Trinajstić information content (AvgIpc) is 4.02. The molecule has 4 aromatic rings. The molecule has 296 valence electrons. The highest BCUT2D eigenvalue weighted by Gasteiger charge is 2.34. The monoisotopic (exact) mass is 762 g/mol. The fourth-order valence-corrected chi connectivity index (χ4v) is 9.23. The summed E-state index contributed by atoms with van der Waals surface area (Å²) in [4.78, 5) is 34.9. The Balaban J connectivity index is 0.000000172. The van der Waals surface area contributed by atoms with E-state index in [1.807, 2.05) is 25.1 Å². The summed E-state index contributed by atoms with van der Waals surface area (Å²) < 4.78 is 27.6. The van der Waals surface area contributed by atoms with Gasteiger partial charge in [0.15, 0.2) is 0 Å². The SMILES string of the molecule is Cc1cc(N2CCC(N3CCC[C@H]3C)C2)ccc1NC(=O)c1ccccc1F.Cc1cc(NC(=O)c2ccccc2F)ccc1N1CCC(N2CCCC2C)C1. The first kappa shape index (κ1) is 39.4. The molecular formula is C46H56F2N6O2. The third kappa shape index (κ3) is 8.92. The summed E-state index contributed by atoms with van der Waals surface area (Å²) in [6.45, 7) is 15.4. The smallest absolute Gasteiger partial charge is 0.258 e. The van der Waals surface area contributed by atoms with Crippen LogP contribution < -0.4 is 20.4 Å². The minimum absolute atomic E-state index is 0.0614.